The summed E-state index contributed by atoms with van der Waals surface area (Å²) in [5, 5.41) is 0. The Morgan fingerprint density at radius 2 is 1.59 bits per heavy atom. The number of rotatable bonds is 11. The molecule has 0 unspecified atom stereocenters. The lowest BCUT2D eigenvalue weighted by Gasteiger charge is -2.09. The Morgan fingerprint density at radius 3 is 2.24 bits per heavy atom. The third-order valence-corrected chi connectivity index (χ3v) is 5.34. The molecule has 0 fully saturated rings. The van der Waals surface area contributed by atoms with E-state index in [1.165, 1.54) is 68.0 Å². The number of unbranched alkanes of at least 4 members (excludes halogenated alkanes) is 6. The zero-order valence-corrected chi connectivity index (χ0v) is 18.5. The SMILES string of the molecule is CC=CC(=O)Oc1ccc(-[n+]2c(C)ccc(CCCCCCCCC)c2C)cc1. The van der Waals surface area contributed by atoms with Crippen LogP contribution >= 0.6 is 0 Å². The van der Waals surface area contributed by atoms with Crippen LogP contribution in [0.4, 0.5) is 0 Å². The number of esters is 1. The van der Waals surface area contributed by atoms with Gasteiger partial charge >= 0.3 is 5.97 Å². The molecule has 2 aromatic rings. The molecule has 156 valence electrons. The number of pyridine rings is 1. The number of carbonyl (C=O) groups is 1. The van der Waals surface area contributed by atoms with Crippen LogP contribution in [0.15, 0.2) is 48.6 Å². The number of allylic oxidation sites excluding steroid dienone is 1. The van der Waals surface area contributed by atoms with Gasteiger partial charge in [-0.1, -0.05) is 51.5 Å². The predicted molar refractivity (Wildman–Crippen MR) is 120 cm³/mol. The Kier molecular flexibility index (Phi) is 9.63. The van der Waals surface area contributed by atoms with Gasteiger partial charge in [-0.3, -0.25) is 0 Å². The van der Waals surface area contributed by atoms with Crippen LogP contribution < -0.4 is 9.30 Å². The summed E-state index contributed by atoms with van der Waals surface area (Å²) in [4.78, 5) is 11.6. The van der Waals surface area contributed by atoms with Crippen LogP contribution in [0.2, 0.25) is 0 Å². The van der Waals surface area contributed by atoms with Crippen molar-refractivity contribution in [3.8, 4) is 11.4 Å². The highest BCUT2D eigenvalue weighted by Crippen LogP contribution is 2.17. The molecule has 1 heterocycles. The molecule has 0 amide bonds. The van der Waals surface area contributed by atoms with E-state index in [2.05, 4.69) is 37.5 Å². The van der Waals surface area contributed by atoms with Crippen LogP contribution in [0.1, 0.15) is 75.7 Å². The second-order valence-electron chi connectivity index (χ2n) is 7.71. The first kappa shape index (κ1) is 22.9. The summed E-state index contributed by atoms with van der Waals surface area (Å²) in [6.45, 7) is 8.39. The standard InChI is InChI=1S/C26H36NO2/c1-5-7-8-9-10-11-12-14-23-16-15-21(3)27(22(23)4)24-17-19-25(20-18-24)29-26(28)13-6-2/h6,13,15-20H,5,7-12,14H2,1-4H3/q+1. The van der Waals surface area contributed by atoms with E-state index in [-0.39, 0.29) is 5.97 Å². The first-order chi connectivity index (χ1) is 14.1. The fourth-order valence-electron chi connectivity index (χ4n) is 3.71. The molecular weight excluding hydrogens is 358 g/mol. The Balaban J connectivity index is 2.03. The van der Waals surface area contributed by atoms with Crippen molar-refractivity contribution < 1.29 is 14.1 Å². The topological polar surface area (TPSA) is 30.2 Å². The second-order valence-corrected chi connectivity index (χ2v) is 7.71. The highest BCUT2D eigenvalue weighted by atomic mass is 16.5. The van der Waals surface area contributed by atoms with Gasteiger partial charge in [-0.15, -0.1) is 0 Å². The minimum atomic E-state index is -0.350. The number of aromatic nitrogens is 1. The summed E-state index contributed by atoms with van der Waals surface area (Å²) < 4.78 is 7.58. The smallest absolute Gasteiger partial charge is 0.335 e. The highest BCUT2D eigenvalue weighted by Gasteiger charge is 2.18. The van der Waals surface area contributed by atoms with Crippen LogP contribution in [0.3, 0.4) is 0 Å². The van der Waals surface area contributed by atoms with Crippen molar-refractivity contribution >= 4 is 5.97 Å². The Labute approximate surface area is 176 Å². The summed E-state index contributed by atoms with van der Waals surface area (Å²) in [5.41, 5.74) is 4.99. The molecule has 0 N–H and O–H groups in total. The molecule has 3 nitrogen and oxygen atoms in total. The first-order valence-corrected chi connectivity index (χ1v) is 11.0. The predicted octanol–water partition coefficient (Wildman–Crippen LogP) is 6.35. The van der Waals surface area contributed by atoms with E-state index >= 15 is 0 Å². The molecule has 3 heteroatoms. The van der Waals surface area contributed by atoms with Crippen molar-refractivity contribution in [2.24, 2.45) is 0 Å². The number of aryl methyl sites for hydroxylation is 2. The maximum absolute atomic E-state index is 11.6. The Hall–Kier alpha value is -2.42. The second kappa shape index (κ2) is 12.2. The van der Waals surface area contributed by atoms with Gasteiger partial charge in [0.2, 0.25) is 5.69 Å². The number of hydrogen-bond acceptors (Lipinski definition) is 2. The summed E-state index contributed by atoms with van der Waals surface area (Å²) in [6.07, 6.45) is 13.5. The average molecular weight is 395 g/mol. The van der Waals surface area contributed by atoms with Gasteiger partial charge in [-0.25, -0.2) is 4.79 Å². The zero-order valence-electron chi connectivity index (χ0n) is 18.5. The van der Waals surface area contributed by atoms with E-state index in [4.69, 9.17) is 4.74 Å². The highest BCUT2D eigenvalue weighted by molar-refractivity contribution is 5.83. The minimum Gasteiger partial charge on any atom is -0.423 e. The van der Waals surface area contributed by atoms with E-state index in [1.54, 1.807) is 13.0 Å². The molecule has 0 radical (unpaired) electrons. The van der Waals surface area contributed by atoms with Crippen LogP contribution in [0, 0.1) is 13.8 Å². The maximum Gasteiger partial charge on any atom is 0.335 e. The molecule has 0 aliphatic rings. The van der Waals surface area contributed by atoms with Gasteiger partial charge in [0.1, 0.15) is 5.75 Å². The van der Waals surface area contributed by atoms with E-state index in [0.29, 0.717) is 5.75 Å². The molecular formula is C26H36NO2+. The molecule has 1 aromatic carbocycles. The summed E-state index contributed by atoms with van der Waals surface area (Å²) in [6, 6.07) is 12.2. The monoisotopic (exact) mass is 394 g/mol. The van der Waals surface area contributed by atoms with E-state index in [0.717, 1.165) is 12.1 Å². The Morgan fingerprint density at radius 1 is 0.931 bits per heavy atom. The van der Waals surface area contributed by atoms with Crippen molar-refractivity contribution in [1.82, 2.24) is 0 Å². The summed E-state index contributed by atoms with van der Waals surface area (Å²) in [7, 11) is 0. The van der Waals surface area contributed by atoms with Gasteiger partial charge in [0, 0.05) is 43.7 Å². The minimum absolute atomic E-state index is 0.350. The fourth-order valence-corrected chi connectivity index (χ4v) is 3.71. The molecule has 0 aliphatic carbocycles. The number of ether oxygens (including phenoxy) is 1. The van der Waals surface area contributed by atoms with E-state index in [1.807, 2.05) is 24.3 Å². The van der Waals surface area contributed by atoms with Crippen molar-refractivity contribution in [2.45, 2.75) is 79.1 Å². The molecule has 0 saturated carbocycles. The lowest BCUT2D eigenvalue weighted by Crippen LogP contribution is -2.38. The van der Waals surface area contributed by atoms with Gasteiger partial charge in [-0.05, 0) is 38.0 Å². The molecule has 0 aliphatic heterocycles. The van der Waals surface area contributed by atoms with Gasteiger partial charge in [0.25, 0.3) is 0 Å². The van der Waals surface area contributed by atoms with Crippen molar-refractivity contribution in [3.05, 3.63) is 65.5 Å². The summed E-state index contributed by atoms with van der Waals surface area (Å²) in [5.74, 6) is 0.212. The number of carbonyl (C=O) groups excluding carboxylic acids is 1. The van der Waals surface area contributed by atoms with Crippen molar-refractivity contribution in [2.75, 3.05) is 0 Å². The van der Waals surface area contributed by atoms with Crippen LogP contribution in [-0.4, -0.2) is 5.97 Å². The number of benzene rings is 1. The van der Waals surface area contributed by atoms with Crippen LogP contribution in [-0.2, 0) is 11.2 Å². The van der Waals surface area contributed by atoms with Crippen LogP contribution in [0.5, 0.6) is 5.75 Å². The van der Waals surface area contributed by atoms with Crippen molar-refractivity contribution in [1.29, 1.82) is 0 Å². The van der Waals surface area contributed by atoms with Gasteiger partial charge in [-0.2, -0.15) is 4.57 Å². The lowest BCUT2D eigenvalue weighted by atomic mass is 10.0. The normalized spacial score (nSPS) is 11.2. The third-order valence-electron chi connectivity index (χ3n) is 5.34. The average Bonchev–Trinajstić information content (AvgIpc) is 2.70. The van der Waals surface area contributed by atoms with Gasteiger partial charge in [0.05, 0.1) is 0 Å². The molecule has 29 heavy (non-hydrogen) atoms. The molecule has 2 rings (SSSR count). The van der Waals surface area contributed by atoms with E-state index in [9.17, 15) is 4.79 Å². The summed E-state index contributed by atoms with van der Waals surface area (Å²) >= 11 is 0. The molecule has 1 aromatic heterocycles. The fraction of sp³-hybridized carbons (Fsp3) is 0.462. The third kappa shape index (κ3) is 7.16. The van der Waals surface area contributed by atoms with Gasteiger partial charge in [0.15, 0.2) is 11.4 Å². The number of hydrogen-bond donors (Lipinski definition) is 0. The first-order valence-electron chi connectivity index (χ1n) is 11.0. The quantitative estimate of drug-likeness (QED) is 0.146. The molecule has 0 bridgehead atoms. The Bertz CT molecular complexity index is 806. The maximum atomic E-state index is 11.6. The molecule has 0 saturated heterocycles. The zero-order chi connectivity index (χ0) is 21.1. The molecule has 0 spiro atoms. The largest absolute Gasteiger partial charge is 0.423 e. The van der Waals surface area contributed by atoms with Crippen LogP contribution in [0.25, 0.3) is 5.69 Å². The van der Waals surface area contributed by atoms with Gasteiger partial charge < -0.3 is 4.74 Å². The lowest BCUT2D eigenvalue weighted by molar-refractivity contribution is -0.610. The number of nitrogens with zero attached hydrogens (tertiary/aromatic N) is 1. The van der Waals surface area contributed by atoms with E-state index < -0.39 is 0 Å². The molecule has 0 atom stereocenters. The van der Waals surface area contributed by atoms with Crippen molar-refractivity contribution in [3.63, 3.8) is 0 Å².